The van der Waals surface area contributed by atoms with Gasteiger partial charge in [0.15, 0.2) is 5.96 Å². The molecule has 3 N–H and O–H groups in total. The second-order valence-corrected chi connectivity index (χ2v) is 7.34. The van der Waals surface area contributed by atoms with Gasteiger partial charge in [-0.15, -0.1) is 0 Å². The topological polar surface area (TPSA) is 91.8 Å². The molecule has 26 heavy (non-hydrogen) atoms. The van der Waals surface area contributed by atoms with E-state index in [0.717, 1.165) is 50.1 Å². The monoisotopic (exact) mass is 363 g/mol. The predicted molar refractivity (Wildman–Crippen MR) is 104 cm³/mol. The lowest BCUT2D eigenvalue weighted by Crippen LogP contribution is -2.61. The summed E-state index contributed by atoms with van der Waals surface area (Å²) in [7, 11) is 1.96. The first kappa shape index (κ1) is 20.2. The van der Waals surface area contributed by atoms with Crippen molar-refractivity contribution in [2.24, 2.45) is 17.8 Å². The minimum Gasteiger partial charge on any atom is -0.368 e. The van der Waals surface area contributed by atoms with Gasteiger partial charge in [0.05, 0.1) is 17.8 Å². The number of hydrogen-bond donors (Lipinski definition) is 2. The second kappa shape index (κ2) is 8.07. The third-order valence-corrected chi connectivity index (χ3v) is 5.35. The summed E-state index contributed by atoms with van der Waals surface area (Å²) in [5.74, 6) is 0.626. The smallest absolute Gasteiger partial charge is 0.237 e. The number of nitrogens with two attached hydrogens (primary N) is 1. The summed E-state index contributed by atoms with van der Waals surface area (Å²) in [6, 6.07) is 0. The molecule has 0 aromatic carbocycles. The Hall–Kier alpha value is -2.09. The van der Waals surface area contributed by atoms with E-state index in [-0.39, 0.29) is 5.91 Å². The van der Waals surface area contributed by atoms with E-state index in [4.69, 9.17) is 10.7 Å². The fourth-order valence-electron chi connectivity index (χ4n) is 3.26. The van der Waals surface area contributed by atoms with Crippen molar-refractivity contribution in [2.75, 3.05) is 32.7 Å². The third kappa shape index (κ3) is 4.17. The normalized spacial score (nSPS) is 16.8. The van der Waals surface area contributed by atoms with E-state index in [1.54, 1.807) is 0 Å². The van der Waals surface area contributed by atoms with Gasteiger partial charge in [0.25, 0.3) is 0 Å². The molecule has 0 atom stereocenters. The van der Waals surface area contributed by atoms with E-state index < -0.39 is 5.54 Å². The molecule has 0 saturated carbocycles. The molecule has 146 valence electrons. The van der Waals surface area contributed by atoms with Crippen LogP contribution in [0.5, 0.6) is 0 Å². The van der Waals surface area contributed by atoms with Gasteiger partial charge in [0.2, 0.25) is 5.91 Å². The zero-order valence-electron chi connectivity index (χ0n) is 17.0. The van der Waals surface area contributed by atoms with E-state index in [1.165, 1.54) is 5.56 Å². The van der Waals surface area contributed by atoms with Crippen molar-refractivity contribution in [1.29, 1.82) is 0 Å². The Morgan fingerprint density at radius 2 is 1.88 bits per heavy atom. The standard InChI is InChI=1S/C18H33N7O/c1-7-20-17(21-12-15-13(2)22-23(6)14(15)3)24-8-10-25(11-9-24)18(4,5)16(19)26/h7-12H2,1-6H3,(H2,19,26)(H,20,21). The number of piperazine rings is 1. The lowest BCUT2D eigenvalue weighted by Gasteiger charge is -2.43. The highest BCUT2D eigenvalue weighted by Gasteiger charge is 2.35. The number of aromatic nitrogens is 2. The van der Waals surface area contributed by atoms with Crippen molar-refractivity contribution in [1.82, 2.24) is 24.9 Å². The number of nitrogens with one attached hydrogen (secondary N) is 1. The molecule has 1 fully saturated rings. The van der Waals surface area contributed by atoms with Gasteiger partial charge in [-0.25, -0.2) is 4.99 Å². The summed E-state index contributed by atoms with van der Waals surface area (Å²) in [5, 5.41) is 7.85. The molecule has 0 aliphatic carbocycles. The van der Waals surface area contributed by atoms with Crippen molar-refractivity contribution < 1.29 is 4.79 Å². The van der Waals surface area contributed by atoms with Crippen LogP contribution in [0.1, 0.15) is 37.7 Å². The minimum absolute atomic E-state index is 0.283. The number of rotatable bonds is 5. The molecule has 1 aliphatic rings. The molecule has 0 unspecified atom stereocenters. The van der Waals surface area contributed by atoms with Crippen LogP contribution in [0.3, 0.4) is 0 Å². The SMILES string of the molecule is CCNC(=NCc1c(C)nn(C)c1C)N1CCN(C(C)(C)C(N)=O)CC1. The van der Waals surface area contributed by atoms with Crippen LogP contribution in [0.25, 0.3) is 0 Å². The molecule has 2 heterocycles. The van der Waals surface area contributed by atoms with Crippen molar-refractivity contribution in [2.45, 2.75) is 46.7 Å². The molecule has 0 bridgehead atoms. The fourth-order valence-corrected chi connectivity index (χ4v) is 3.26. The number of carbonyl (C=O) groups is 1. The molecule has 0 radical (unpaired) electrons. The zero-order valence-corrected chi connectivity index (χ0v) is 17.0. The average molecular weight is 364 g/mol. The van der Waals surface area contributed by atoms with E-state index in [2.05, 4.69) is 34.1 Å². The predicted octanol–water partition coefficient (Wildman–Crippen LogP) is 0.384. The molecule has 0 spiro atoms. The number of nitrogens with zero attached hydrogens (tertiary/aromatic N) is 5. The third-order valence-electron chi connectivity index (χ3n) is 5.35. The van der Waals surface area contributed by atoms with Crippen molar-refractivity contribution in [3.63, 3.8) is 0 Å². The molecular formula is C18H33N7O. The van der Waals surface area contributed by atoms with Crippen molar-refractivity contribution in [3.8, 4) is 0 Å². The molecule has 1 aromatic rings. The largest absolute Gasteiger partial charge is 0.368 e. The van der Waals surface area contributed by atoms with Crippen molar-refractivity contribution in [3.05, 3.63) is 17.0 Å². The van der Waals surface area contributed by atoms with Gasteiger partial charge in [-0.05, 0) is 34.6 Å². The van der Waals surface area contributed by atoms with Crippen LogP contribution >= 0.6 is 0 Å². The maximum Gasteiger partial charge on any atom is 0.237 e. The zero-order chi connectivity index (χ0) is 19.5. The fraction of sp³-hybridized carbons (Fsp3) is 0.722. The summed E-state index contributed by atoms with van der Waals surface area (Å²) >= 11 is 0. The minimum atomic E-state index is -0.620. The Labute approximate surface area is 156 Å². The number of guanidine groups is 1. The summed E-state index contributed by atoms with van der Waals surface area (Å²) in [6.45, 7) is 14.6. The highest BCUT2D eigenvalue weighted by Crippen LogP contribution is 2.17. The van der Waals surface area contributed by atoms with E-state index in [9.17, 15) is 4.79 Å². The van der Waals surface area contributed by atoms with Gasteiger partial charge >= 0.3 is 0 Å². The Kier molecular flexibility index (Phi) is 6.28. The highest BCUT2D eigenvalue weighted by molar-refractivity contribution is 5.84. The summed E-state index contributed by atoms with van der Waals surface area (Å²) in [5.41, 5.74) is 8.28. The molecule has 8 heteroatoms. The van der Waals surface area contributed by atoms with Gasteiger partial charge in [0, 0.05) is 51.0 Å². The van der Waals surface area contributed by atoms with Crippen molar-refractivity contribution >= 4 is 11.9 Å². The number of primary amides is 1. The number of aryl methyl sites for hydroxylation is 2. The lowest BCUT2D eigenvalue weighted by atomic mass is 10.0. The first-order chi connectivity index (χ1) is 12.2. The van der Waals surface area contributed by atoms with E-state index in [1.807, 2.05) is 32.5 Å². The Bertz CT molecular complexity index is 669. The van der Waals surface area contributed by atoms with Crippen LogP contribution < -0.4 is 11.1 Å². The van der Waals surface area contributed by atoms with Crippen LogP contribution in [0.15, 0.2) is 4.99 Å². The molecule has 2 rings (SSSR count). The number of aliphatic imine (C=N–C) groups is 1. The second-order valence-electron chi connectivity index (χ2n) is 7.34. The van der Waals surface area contributed by atoms with Gasteiger partial charge < -0.3 is 16.0 Å². The maximum atomic E-state index is 11.7. The number of amides is 1. The van der Waals surface area contributed by atoms with Crippen LogP contribution in [-0.4, -0.2) is 69.7 Å². The maximum absolute atomic E-state index is 11.7. The molecule has 1 amide bonds. The van der Waals surface area contributed by atoms with Gasteiger partial charge in [-0.2, -0.15) is 5.10 Å². The number of carbonyl (C=O) groups excluding carboxylic acids is 1. The summed E-state index contributed by atoms with van der Waals surface area (Å²) in [4.78, 5) is 20.9. The summed E-state index contributed by atoms with van der Waals surface area (Å²) in [6.07, 6.45) is 0. The number of hydrogen-bond acceptors (Lipinski definition) is 4. The lowest BCUT2D eigenvalue weighted by molar-refractivity contribution is -0.129. The van der Waals surface area contributed by atoms with E-state index >= 15 is 0 Å². The Morgan fingerprint density at radius 3 is 2.35 bits per heavy atom. The molecule has 1 aromatic heterocycles. The quantitative estimate of drug-likeness (QED) is 0.583. The molecule has 8 nitrogen and oxygen atoms in total. The van der Waals surface area contributed by atoms with Crippen LogP contribution in [0, 0.1) is 13.8 Å². The first-order valence-corrected chi connectivity index (χ1v) is 9.25. The molecular weight excluding hydrogens is 330 g/mol. The highest BCUT2D eigenvalue weighted by atomic mass is 16.1. The van der Waals surface area contributed by atoms with E-state index in [0.29, 0.717) is 6.54 Å². The Morgan fingerprint density at radius 1 is 1.27 bits per heavy atom. The van der Waals surface area contributed by atoms with Crippen LogP contribution in [-0.2, 0) is 18.4 Å². The van der Waals surface area contributed by atoms with Crippen LogP contribution in [0.2, 0.25) is 0 Å². The summed E-state index contributed by atoms with van der Waals surface area (Å²) < 4.78 is 1.90. The molecule has 1 saturated heterocycles. The van der Waals surface area contributed by atoms with Gasteiger partial charge in [-0.3, -0.25) is 14.4 Å². The first-order valence-electron chi connectivity index (χ1n) is 9.25. The molecule has 1 aliphatic heterocycles. The Balaban J connectivity index is 2.08. The van der Waals surface area contributed by atoms with Crippen LogP contribution in [0.4, 0.5) is 0 Å². The van der Waals surface area contributed by atoms with Gasteiger partial charge in [-0.1, -0.05) is 0 Å². The van der Waals surface area contributed by atoms with Gasteiger partial charge in [0.1, 0.15) is 0 Å². The average Bonchev–Trinajstić information content (AvgIpc) is 2.84.